The Labute approximate surface area is 217 Å². The maximum absolute atomic E-state index is 11.5. The van der Waals surface area contributed by atoms with Crippen molar-refractivity contribution in [2.24, 2.45) is 0 Å². The lowest BCUT2D eigenvalue weighted by Crippen LogP contribution is -2.25. The standard InChI is InChI=1S/C28H22Cl2N2O4/c1-27-11-12-28(36-27,13-14-35-21-8-4-7-19(29)24(21)30)23-22(27)25(33)32(26(23)34)20-10-9-16(15-31)17-5-2-3-6-18(17)20/h2-10,33-34H,11-14H2,1H3/t27-,28-/m0/s1. The van der Waals surface area contributed by atoms with Gasteiger partial charge in [-0.3, -0.25) is 4.57 Å². The molecule has 0 spiro atoms. The van der Waals surface area contributed by atoms with Crippen LogP contribution in [0.15, 0.2) is 54.6 Å². The summed E-state index contributed by atoms with van der Waals surface area (Å²) in [7, 11) is 0. The van der Waals surface area contributed by atoms with E-state index in [4.69, 9.17) is 32.7 Å². The number of benzene rings is 3. The predicted molar refractivity (Wildman–Crippen MR) is 137 cm³/mol. The molecule has 0 unspecified atom stereocenters. The van der Waals surface area contributed by atoms with Gasteiger partial charge in [0, 0.05) is 17.2 Å². The second kappa shape index (κ2) is 8.07. The van der Waals surface area contributed by atoms with E-state index in [1.54, 1.807) is 30.3 Å². The summed E-state index contributed by atoms with van der Waals surface area (Å²) in [4.78, 5) is 0. The summed E-state index contributed by atoms with van der Waals surface area (Å²) in [5, 5.41) is 34.8. The minimum absolute atomic E-state index is 0.0553. The van der Waals surface area contributed by atoms with Crippen molar-refractivity contribution in [1.82, 2.24) is 4.57 Å². The van der Waals surface area contributed by atoms with Crippen molar-refractivity contribution < 1.29 is 19.7 Å². The minimum atomic E-state index is -0.815. The molecule has 0 aliphatic carbocycles. The third kappa shape index (κ3) is 3.13. The maximum atomic E-state index is 11.5. The molecular weight excluding hydrogens is 499 g/mol. The molecule has 36 heavy (non-hydrogen) atoms. The van der Waals surface area contributed by atoms with Gasteiger partial charge in [0.2, 0.25) is 11.8 Å². The van der Waals surface area contributed by atoms with Gasteiger partial charge >= 0.3 is 0 Å². The van der Waals surface area contributed by atoms with Gasteiger partial charge in [0.05, 0.1) is 45.7 Å². The summed E-state index contributed by atoms with van der Waals surface area (Å²) in [5.41, 5.74) is 0.747. The highest BCUT2D eigenvalue weighted by molar-refractivity contribution is 6.42. The van der Waals surface area contributed by atoms with E-state index >= 15 is 0 Å². The van der Waals surface area contributed by atoms with Crippen LogP contribution in [0, 0.1) is 11.3 Å². The molecule has 1 aromatic heterocycles. The van der Waals surface area contributed by atoms with Crippen molar-refractivity contribution in [2.75, 3.05) is 6.61 Å². The molecule has 8 heteroatoms. The first-order valence-corrected chi connectivity index (χ1v) is 12.4. The van der Waals surface area contributed by atoms with Crippen LogP contribution in [-0.2, 0) is 15.9 Å². The lowest BCUT2D eigenvalue weighted by atomic mass is 9.78. The summed E-state index contributed by atoms with van der Waals surface area (Å²) < 4.78 is 13.9. The minimum Gasteiger partial charge on any atom is -0.494 e. The molecule has 6 nitrogen and oxygen atoms in total. The Morgan fingerprint density at radius 3 is 2.53 bits per heavy atom. The number of rotatable bonds is 5. The van der Waals surface area contributed by atoms with Crippen LogP contribution in [0.1, 0.15) is 42.9 Å². The van der Waals surface area contributed by atoms with Crippen molar-refractivity contribution in [1.29, 1.82) is 5.26 Å². The number of ether oxygens (including phenoxy) is 2. The molecule has 2 atom stereocenters. The van der Waals surface area contributed by atoms with Crippen molar-refractivity contribution in [2.45, 2.75) is 37.4 Å². The molecule has 182 valence electrons. The molecule has 2 aliphatic heterocycles. The number of aromatic nitrogens is 1. The molecule has 0 amide bonds. The Bertz CT molecular complexity index is 1590. The number of fused-ring (bicyclic) bond motifs is 6. The van der Waals surface area contributed by atoms with E-state index in [0.717, 1.165) is 10.8 Å². The van der Waals surface area contributed by atoms with Gasteiger partial charge in [-0.1, -0.05) is 53.5 Å². The van der Waals surface area contributed by atoms with E-state index in [-0.39, 0.29) is 18.4 Å². The number of hydrogen-bond acceptors (Lipinski definition) is 5. The lowest BCUT2D eigenvalue weighted by molar-refractivity contribution is -0.0876. The largest absolute Gasteiger partial charge is 0.494 e. The fraction of sp³-hybridized carbons (Fsp3) is 0.250. The average Bonchev–Trinajstić information content (AvgIpc) is 3.45. The Morgan fingerprint density at radius 2 is 1.75 bits per heavy atom. The third-order valence-corrected chi connectivity index (χ3v) is 8.28. The Kier molecular flexibility index (Phi) is 5.17. The molecule has 3 heterocycles. The van der Waals surface area contributed by atoms with Gasteiger partial charge in [-0.15, -0.1) is 0 Å². The smallest absolute Gasteiger partial charge is 0.205 e. The van der Waals surface area contributed by atoms with Crippen LogP contribution < -0.4 is 4.74 Å². The number of nitrogens with zero attached hydrogens (tertiary/aromatic N) is 2. The fourth-order valence-electron chi connectivity index (χ4n) is 5.83. The molecule has 0 radical (unpaired) electrons. The van der Waals surface area contributed by atoms with Crippen molar-refractivity contribution >= 4 is 34.0 Å². The maximum Gasteiger partial charge on any atom is 0.205 e. The van der Waals surface area contributed by atoms with Gasteiger partial charge in [0.25, 0.3) is 0 Å². The molecule has 1 fully saturated rings. The van der Waals surface area contributed by atoms with E-state index in [1.165, 1.54) is 4.57 Å². The van der Waals surface area contributed by atoms with Gasteiger partial charge in [-0.05, 0) is 44.0 Å². The van der Waals surface area contributed by atoms with E-state index in [9.17, 15) is 15.5 Å². The Balaban J connectivity index is 1.43. The van der Waals surface area contributed by atoms with Crippen LogP contribution in [0.5, 0.6) is 17.5 Å². The van der Waals surface area contributed by atoms with Gasteiger partial charge in [0.15, 0.2) is 0 Å². The second-order valence-corrected chi connectivity index (χ2v) is 10.3. The number of halogens is 2. The number of aromatic hydroxyl groups is 2. The quantitative estimate of drug-likeness (QED) is 0.298. The molecule has 6 rings (SSSR count). The van der Waals surface area contributed by atoms with Crippen molar-refractivity contribution in [3.63, 3.8) is 0 Å². The third-order valence-electron chi connectivity index (χ3n) is 7.47. The van der Waals surface area contributed by atoms with Gasteiger partial charge < -0.3 is 19.7 Å². The highest BCUT2D eigenvalue weighted by Crippen LogP contribution is 2.65. The highest BCUT2D eigenvalue weighted by Gasteiger charge is 2.61. The highest BCUT2D eigenvalue weighted by atomic mass is 35.5. The van der Waals surface area contributed by atoms with Crippen LogP contribution in [-0.4, -0.2) is 21.4 Å². The number of nitriles is 1. The molecule has 2 aliphatic rings. The molecule has 2 bridgehead atoms. The first kappa shape index (κ1) is 23.1. The van der Waals surface area contributed by atoms with Gasteiger partial charge in [-0.25, -0.2) is 0 Å². The Morgan fingerprint density at radius 1 is 1.00 bits per heavy atom. The number of hydrogen-bond donors (Lipinski definition) is 2. The molecular formula is C28H22Cl2N2O4. The van der Waals surface area contributed by atoms with Crippen LogP contribution in [0.25, 0.3) is 16.5 Å². The summed E-state index contributed by atoms with van der Waals surface area (Å²) in [5.74, 6) is 0.357. The van der Waals surface area contributed by atoms with Crippen LogP contribution in [0.4, 0.5) is 0 Å². The first-order chi connectivity index (χ1) is 17.3. The normalized spacial score (nSPS) is 22.1. The Hall–Kier alpha value is -3.37. The van der Waals surface area contributed by atoms with Crippen LogP contribution in [0.2, 0.25) is 10.0 Å². The van der Waals surface area contributed by atoms with Gasteiger partial charge in [-0.2, -0.15) is 5.26 Å². The van der Waals surface area contributed by atoms with E-state index < -0.39 is 11.2 Å². The molecule has 2 N–H and O–H groups in total. The SMILES string of the molecule is C[C@@]12CC[C@@](CCOc3cccc(Cl)c3Cl)(O1)c1c2c(O)n(-c2ccc(C#N)c3ccccc23)c1O. The molecule has 1 saturated heterocycles. The van der Waals surface area contributed by atoms with Gasteiger partial charge in [0.1, 0.15) is 16.4 Å². The monoisotopic (exact) mass is 520 g/mol. The molecule has 3 aromatic carbocycles. The van der Waals surface area contributed by atoms with E-state index in [1.807, 2.05) is 31.2 Å². The molecule has 0 saturated carbocycles. The summed E-state index contributed by atoms with van der Waals surface area (Å²) >= 11 is 12.4. The second-order valence-electron chi connectivity index (χ2n) is 9.50. The zero-order valence-corrected chi connectivity index (χ0v) is 20.9. The summed E-state index contributed by atoms with van der Waals surface area (Å²) in [6, 6.07) is 18.3. The zero-order valence-electron chi connectivity index (χ0n) is 19.4. The lowest BCUT2D eigenvalue weighted by Gasteiger charge is -2.26. The predicted octanol–water partition coefficient (Wildman–Crippen LogP) is 6.92. The van der Waals surface area contributed by atoms with Crippen LogP contribution in [0.3, 0.4) is 0 Å². The summed E-state index contributed by atoms with van der Waals surface area (Å²) in [6.07, 6.45) is 1.82. The van der Waals surface area contributed by atoms with Crippen LogP contribution >= 0.6 is 23.2 Å². The van der Waals surface area contributed by atoms with E-state index in [2.05, 4.69) is 6.07 Å². The average molecular weight is 521 g/mol. The summed E-state index contributed by atoms with van der Waals surface area (Å²) in [6.45, 7) is 2.22. The topological polar surface area (TPSA) is 87.6 Å². The van der Waals surface area contributed by atoms with Crippen molar-refractivity contribution in [3.05, 3.63) is 81.3 Å². The molecule has 4 aromatic rings. The zero-order chi connectivity index (χ0) is 25.2. The van der Waals surface area contributed by atoms with Crippen molar-refractivity contribution in [3.8, 4) is 29.3 Å². The fourth-order valence-corrected chi connectivity index (χ4v) is 6.18. The first-order valence-electron chi connectivity index (χ1n) is 11.7. The van der Waals surface area contributed by atoms with E-state index in [0.29, 0.717) is 57.4 Å².